The summed E-state index contributed by atoms with van der Waals surface area (Å²) in [5.74, 6) is 5.95. The lowest BCUT2D eigenvalue weighted by Gasteiger charge is -2.06. The van der Waals surface area contributed by atoms with Crippen molar-refractivity contribution in [2.75, 3.05) is 16.9 Å². The third-order valence-corrected chi connectivity index (χ3v) is 4.67. The molecule has 0 aliphatic carbocycles. The Bertz CT molecular complexity index is 992. The smallest absolute Gasteiger partial charge is 0.292 e. The summed E-state index contributed by atoms with van der Waals surface area (Å²) in [6.07, 6.45) is 0. The maximum Gasteiger partial charge on any atom is 0.292 e. The molecule has 0 unspecified atom stereocenters. The highest BCUT2D eigenvalue weighted by atomic mass is 35.5. The number of benzene rings is 2. The molecule has 0 saturated heterocycles. The number of thioether (sulfide) groups is 1. The molecule has 0 radical (unpaired) electrons. The van der Waals surface area contributed by atoms with Crippen molar-refractivity contribution in [3.63, 3.8) is 0 Å². The lowest BCUT2D eigenvalue weighted by Crippen LogP contribution is -2.17. The number of nitrogens with zero attached hydrogens (tertiary/aromatic N) is 4. The first-order valence-corrected chi connectivity index (χ1v) is 8.94. The van der Waals surface area contributed by atoms with Gasteiger partial charge in [-0.3, -0.25) is 14.9 Å². The highest BCUT2D eigenvalue weighted by Gasteiger charge is 2.17. The lowest BCUT2D eigenvalue weighted by atomic mass is 10.2. The van der Waals surface area contributed by atoms with Crippen LogP contribution in [-0.4, -0.2) is 31.5 Å². The zero-order valence-electron chi connectivity index (χ0n) is 13.7. The molecule has 11 heteroatoms. The van der Waals surface area contributed by atoms with Gasteiger partial charge in [-0.2, -0.15) is 0 Å². The average Bonchev–Trinajstić information content (AvgIpc) is 3.01. The molecular formula is C16H13ClN6O3S. The van der Waals surface area contributed by atoms with E-state index in [2.05, 4.69) is 15.5 Å². The molecule has 0 atom stereocenters. The van der Waals surface area contributed by atoms with E-state index < -0.39 is 10.8 Å². The number of hydrogen-bond acceptors (Lipinski definition) is 7. The van der Waals surface area contributed by atoms with E-state index >= 15 is 0 Å². The van der Waals surface area contributed by atoms with Gasteiger partial charge in [-0.15, -0.1) is 10.2 Å². The quantitative estimate of drug-likeness (QED) is 0.279. The van der Waals surface area contributed by atoms with E-state index in [0.29, 0.717) is 16.0 Å². The first kappa shape index (κ1) is 18.7. The van der Waals surface area contributed by atoms with Crippen LogP contribution in [0.15, 0.2) is 53.7 Å². The summed E-state index contributed by atoms with van der Waals surface area (Å²) in [4.78, 5) is 22.5. The maximum absolute atomic E-state index is 12.1. The number of anilines is 1. The van der Waals surface area contributed by atoms with Crippen LogP contribution in [0.4, 0.5) is 11.4 Å². The second-order valence-electron chi connectivity index (χ2n) is 5.29. The van der Waals surface area contributed by atoms with Gasteiger partial charge in [0.15, 0.2) is 5.82 Å². The van der Waals surface area contributed by atoms with Gasteiger partial charge in [0.25, 0.3) is 5.69 Å². The van der Waals surface area contributed by atoms with Gasteiger partial charge in [-0.1, -0.05) is 35.5 Å². The van der Waals surface area contributed by atoms with Crippen LogP contribution in [0.2, 0.25) is 5.02 Å². The zero-order valence-corrected chi connectivity index (χ0v) is 15.3. The van der Waals surface area contributed by atoms with E-state index in [1.54, 1.807) is 30.3 Å². The Morgan fingerprint density at radius 2 is 1.93 bits per heavy atom. The number of nitro benzene ring substituents is 1. The zero-order chi connectivity index (χ0) is 19.4. The Balaban J connectivity index is 1.66. The van der Waals surface area contributed by atoms with Gasteiger partial charge in [0, 0.05) is 16.7 Å². The molecule has 27 heavy (non-hydrogen) atoms. The van der Waals surface area contributed by atoms with Crippen LogP contribution >= 0.6 is 23.4 Å². The molecule has 0 fully saturated rings. The van der Waals surface area contributed by atoms with Gasteiger partial charge in [-0.05, 0) is 30.3 Å². The number of halogens is 1. The number of amides is 1. The van der Waals surface area contributed by atoms with E-state index in [-0.39, 0.29) is 17.1 Å². The summed E-state index contributed by atoms with van der Waals surface area (Å²) >= 11 is 6.92. The van der Waals surface area contributed by atoms with Gasteiger partial charge >= 0.3 is 0 Å². The minimum atomic E-state index is -0.558. The second kappa shape index (κ2) is 8.06. The highest BCUT2D eigenvalue weighted by Crippen LogP contribution is 2.25. The molecule has 1 aromatic heterocycles. The largest absolute Gasteiger partial charge is 0.335 e. The average molecular weight is 405 g/mol. The fourth-order valence-electron chi connectivity index (χ4n) is 2.23. The van der Waals surface area contributed by atoms with Gasteiger partial charge in [-0.25, -0.2) is 4.68 Å². The molecule has 1 heterocycles. The van der Waals surface area contributed by atoms with Crippen LogP contribution in [0.25, 0.3) is 11.4 Å². The molecule has 138 valence electrons. The molecule has 3 N–H and O–H groups in total. The van der Waals surface area contributed by atoms with Crippen molar-refractivity contribution in [1.29, 1.82) is 0 Å². The van der Waals surface area contributed by atoms with E-state index in [1.807, 2.05) is 0 Å². The van der Waals surface area contributed by atoms with Crippen molar-refractivity contribution in [3.05, 3.63) is 63.7 Å². The maximum atomic E-state index is 12.1. The topological polar surface area (TPSA) is 129 Å². The molecule has 0 bridgehead atoms. The lowest BCUT2D eigenvalue weighted by molar-refractivity contribution is -0.383. The van der Waals surface area contributed by atoms with Crippen LogP contribution in [0, 0.1) is 10.1 Å². The molecule has 0 spiro atoms. The van der Waals surface area contributed by atoms with Gasteiger partial charge in [0.1, 0.15) is 5.69 Å². The number of rotatable bonds is 6. The normalized spacial score (nSPS) is 10.6. The minimum absolute atomic E-state index is 0.0397. The van der Waals surface area contributed by atoms with E-state index in [4.69, 9.17) is 17.4 Å². The number of aromatic nitrogens is 3. The summed E-state index contributed by atoms with van der Waals surface area (Å²) in [5.41, 5.74) is 0.678. The highest BCUT2D eigenvalue weighted by molar-refractivity contribution is 7.99. The molecular weight excluding hydrogens is 392 g/mol. The first-order valence-electron chi connectivity index (χ1n) is 7.58. The van der Waals surface area contributed by atoms with Crippen molar-refractivity contribution in [2.45, 2.75) is 5.16 Å². The summed E-state index contributed by atoms with van der Waals surface area (Å²) in [6, 6.07) is 12.8. The summed E-state index contributed by atoms with van der Waals surface area (Å²) in [6.45, 7) is 0. The molecule has 0 aliphatic rings. The second-order valence-corrected chi connectivity index (χ2v) is 6.67. The number of para-hydroxylation sites is 2. The Labute approximate surface area is 162 Å². The third kappa shape index (κ3) is 4.36. The predicted molar refractivity (Wildman–Crippen MR) is 103 cm³/mol. The number of nitrogens with one attached hydrogen (secondary N) is 1. The number of carbonyl (C=O) groups excluding carboxylic acids is 1. The minimum Gasteiger partial charge on any atom is -0.335 e. The predicted octanol–water partition coefficient (Wildman–Crippen LogP) is 2.95. The van der Waals surface area contributed by atoms with Crippen LogP contribution in [-0.2, 0) is 4.79 Å². The molecule has 3 rings (SSSR count). The Morgan fingerprint density at radius 1 is 1.22 bits per heavy atom. The summed E-state index contributed by atoms with van der Waals surface area (Å²) in [5, 5.41) is 22.4. The van der Waals surface area contributed by atoms with E-state index in [0.717, 1.165) is 17.3 Å². The molecule has 0 aliphatic heterocycles. The number of nitrogens with two attached hydrogens (primary N) is 1. The monoisotopic (exact) mass is 404 g/mol. The standard InChI is InChI=1S/C16H13ClN6O3S/c17-11-7-5-10(6-8-11)15-20-21-16(22(15)18)27-9-14(24)19-12-3-1-2-4-13(12)23(25)26/h1-8H,9,18H2,(H,19,24). The van der Waals surface area contributed by atoms with Crippen molar-refractivity contribution in [2.24, 2.45) is 0 Å². The van der Waals surface area contributed by atoms with Crippen molar-refractivity contribution in [3.8, 4) is 11.4 Å². The number of nitro groups is 1. The van der Waals surface area contributed by atoms with Crippen LogP contribution < -0.4 is 11.2 Å². The molecule has 3 aromatic rings. The molecule has 1 amide bonds. The van der Waals surface area contributed by atoms with Crippen LogP contribution in [0.3, 0.4) is 0 Å². The number of nitrogen functional groups attached to an aromatic ring is 1. The molecule has 9 nitrogen and oxygen atoms in total. The summed E-state index contributed by atoms with van der Waals surface area (Å²) in [7, 11) is 0. The van der Waals surface area contributed by atoms with E-state index in [1.165, 1.54) is 22.9 Å². The van der Waals surface area contributed by atoms with Crippen molar-refractivity contribution >= 4 is 40.6 Å². The Morgan fingerprint density at radius 3 is 2.63 bits per heavy atom. The number of hydrogen-bond donors (Lipinski definition) is 2. The SMILES string of the molecule is Nn1c(SCC(=O)Nc2ccccc2[N+](=O)[O-])nnc1-c1ccc(Cl)cc1. The summed E-state index contributed by atoms with van der Waals surface area (Å²) < 4.78 is 1.27. The number of carbonyl (C=O) groups is 1. The molecule has 0 saturated carbocycles. The fraction of sp³-hybridized carbons (Fsp3) is 0.0625. The Kier molecular flexibility index (Phi) is 5.57. The van der Waals surface area contributed by atoms with Gasteiger partial charge in [0.05, 0.1) is 10.7 Å². The third-order valence-electron chi connectivity index (χ3n) is 3.47. The van der Waals surface area contributed by atoms with Crippen molar-refractivity contribution < 1.29 is 9.72 Å². The fourth-order valence-corrected chi connectivity index (χ4v) is 3.01. The van der Waals surface area contributed by atoms with Crippen LogP contribution in [0.1, 0.15) is 0 Å². The van der Waals surface area contributed by atoms with Gasteiger partial charge in [0.2, 0.25) is 11.1 Å². The Hall–Kier alpha value is -3.11. The van der Waals surface area contributed by atoms with E-state index in [9.17, 15) is 14.9 Å². The molecule has 2 aromatic carbocycles. The van der Waals surface area contributed by atoms with Crippen molar-refractivity contribution in [1.82, 2.24) is 14.9 Å². The first-order chi connectivity index (χ1) is 13.0. The van der Waals surface area contributed by atoms with Gasteiger partial charge < -0.3 is 11.2 Å². The van der Waals surface area contributed by atoms with Crippen LogP contribution in [0.5, 0.6) is 0 Å².